The number of hydrogen-bond donors (Lipinski definition) is 3. The standard InChI is InChI=1S/C13H13N5O/c1-8(15-13(19)11-6-7-14-18-11)12-16-9-4-2-3-5-10(9)17-12/h2-8H,1H3,(H,14,18)(H,15,19)(H,16,17). The van der Waals surface area contributed by atoms with Gasteiger partial charge in [-0.15, -0.1) is 0 Å². The smallest absolute Gasteiger partial charge is 0.269 e. The highest BCUT2D eigenvalue weighted by Gasteiger charge is 2.15. The van der Waals surface area contributed by atoms with Gasteiger partial charge in [-0.2, -0.15) is 5.10 Å². The molecular formula is C13H13N5O. The summed E-state index contributed by atoms with van der Waals surface area (Å²) < 4.78 is 0. The van der Waals surface area contributed by atoms with Crippen LogP contribution < -0.4 is 5.32 Å². The van der Waals surface area contributed by atoms with Gasteiger partial charge in [-0.3, -0.25) is 9.89 Å². The van der Waals surface area contributed by atoms with Gasteiger partial charge < -0.3 is 10.3 Å². The van der Waals surface area contributed by atoms with Crippen LogP contribution in [-0.4, -0.2) is 26.1 Å². The maximum absolute atomic E-state index is 11.9. The number of aromatic nitrogens is 4. The molecule has 1 atom stereocenters. The molecule has 3 rings (SSSR count). The van der Waals surface area contributed by atoms with Crippen molar-refractivity contribution in [2.24, 2.45) is 0 Å². The fourth-order valence-corrected chi connectivity index (χ4v) is 1.90. The average molecular weight is 255 g/mol. The Morgan fingerprint density at radius 2 is 2.16 bits per heavy atom. The lowest BCUT2D eigenvalue weighted by Gasteiger charge is -2.09. The Balaban J connectivity index is 1.80. The molecule has 96 valence electrons. The van der Waals surface area contributed by atoms with E-state index in [1.165, 1.54) is 0 Å². The van der Waals surface area contributed by atoms with Gasteiger partial charge in [0.05, 0.1) is 17.1 Å². The summed E-state index contributed by atoms with van der Waals surface area (Å²) in [6, 6.07) is 9.18. The first kappa shape index (κ1) is 11.5. The zero-order valence-electron chi connectivity index (χ0n) is 10.3. The molecule has 19 heavy (non-hydrogen) atoms. The van der Waals surface area contributed by atoms with E-state index < -0.39 is 0 Å². The van der Waals surface area contributed by atoms with Crippen molar-refractivity contribution in [2.45, 2.75) is 13.0 Å². The number of para-hydroxylation sites is 2. The largest absolute Gasteiger partial charge is 0.341 e. The Labute approximate surface area is 109 Å². The van der Waals surface area contributed by atoms with Gasteiger partial charge in [-0.1, -0.05) is 12.1 Å². The first-order valence-corrected chi connectivity index (χ1v) is 5.99. The predicted molar refractivity (Wildman–Crippen MR) is 70.6 cm³/mol. The quantitative estimate of drug-likeness (QED) is 0.666. The lowest BCUT2D eigenvalue weighted by Crippen LogP contribution is -2.27. The highest BCUT2D eigenvalue weighted by Crippen LogP contribution is 2.15. The molecule has 1 amide bonds. The van der Waals surface area contributed by atoms with E-state index in [0.717, 1.165) is 16.9 Å². The summed E-state index contributed by atoms with van der Waals surface area (Å²) in [5.74, 6) is 0.527. The summed E-state index contributed by atoms with van der Waals surface area (Å²) in [4.78, 5) is 19.5. The first-order chi connectivity index (χ1) is 9.24. The van der Waals surface area contributed by atoms with Crippen molar-refractivity contribution in [3.8, 4) is 0 Å². The molecule has 3 aromatic rings. The Morgan fingerprint density at radius 3 is 2.89 bits per heavy atom. The Kier molecular flexibility index (Phi) is 2.75. The summed E-state index contributed by atoms with van der Waals surface area (Å²) in [5.41, 5.74) is 2.28. The van der Waals surface area contributed by atoms with Crippen LogP contribution in [0.15, 0.2) is 36.5 Å². The molecule has 6 nitrogen and oxygen atoms in total. The van der Waals surface area contributed by atoms with Crippen LogP contribution in [0.5, 0.6) is 0 Å². The molecule has 0 aliphatic carbocycles. The molecule has 1 aromatic carbocycles. The van der Waals surface area contributed by atoms with E-state index in [2.05, 4.69) is 25.5 Å². The second-order valence-electron chi connectivity index (χ2n) is 4.30. The minimum atomic E-state index is -0.205. The van der Waals surface area contributed by atoms with E-state index in [1.54, 1.807) is 12.3 Å². The summed E-state index contributed by atoms with van der Waals surface area (Å²) in [6.45, 7) is 1.88. The maximum atomic E-state index is 11.9. The normalized spacial score (nSPS) is 12.5. The lowest BCUT2D eigenvalue weighted by atomic mass is 10.3. The van der Waals surface area contributed by atoms with Crippen molar-refractivity contribution in [3.05, 3.63) is 48.0 Å². The molecule has 0 aliphatic rings. The van der Waals surface area contributed by atoms with Crippen molar-refractivity contribution in [2.75, 3.05) is 0 Å². The summed E-state index contributed by atoms with van der Waals surface area (Å²) in [7, 11) is 0. The second kappa shape index (κ2) is 4.56. The van der Waals surface area contributed by atoms with Gasteiger partial charge in [-0.25, -0.2) is 4.98 Å². The van der Waals surface area contributed by atoms with Gasteiger partial charge in [0.25, 0.3) is 5.91 Å². The zero-order valence-corrected chi connectivity index (χ0v) is 10.3. The highest BCUT2D eigenvalue weighted by atomic mass is 16.2. The number of carbonyl (C=O) groups excluding carboxylic acids is 1. The van der Waals surface area contributed by atoms with Crippen LogP contribution >= 0.6 is 0 Å². The van der Waals surface area contributed by atoms with E-state index in [0.29, 0.717) is 5.69 Å². The molecule has 0 spiro atoms. The number of carbonyl (C=O) groups is 1. The number of nitrogens with zero attached hydrogens (tertiary/aromatic N) is 2. The van der Waals surface area contributed by atoms with Crippen molar-refractivity contribution in [1.29, 1.82) is 0 Å². The van der Waals surface area contributed by atoms with E-state index in [9.17, 15) is 4.79 Å². The van der Waals surface area contributed by atoms with Gasteiger partial charge in [0.2, 0.25) is 0 Å². The molecule has 0 fully saturated rings. The van der Waals surface area contributed by atoms with Gasteiger partial charge in [0.1, 0.15) is 11.5 Å². The number of H-pyrrole nitrogens is 2. The topological polar surface area (TPSA) is 86.5 Å². The van der Waals surface area contributed by atoms with E-state index in [4.69, 9.17) is 0 Å². The maximum Gasteiger partial charge on any atom is 0.269 e. The third-order valence-electron chi connectivity index (χ3n) is 2.91. The molecule has 0 saturated carbocycles. The summed E-state index contributed by atoms with van der Waals surface area (Å²) in [6.07, 6.45) is 1.54. The lowest BCUT2D eigenvalue weighted by molar-refractivity contribution is 0.0933. The molecular weight excluding hydrogens is 242 g/mol. The Bertz CT molecular complexity index is 668. The molecule has 1 unspecified atom stereocenters. The number of benzene rings is 1. The van der Waals surface area contributed by atoms with Crippen molar-refractivity contribution in [3.63, 3.8) is 0 Å². The van der Waals surface area contributed by atoms with E-state index in [-0.39, 0.29) is 11.9 Å². The molecule has 0 aliphatic heterocycles. The molecule has 0 bridgehead atoms. The molecule has 2 heterocycles. The molecule has 0 saturated heterocycles. The third-order valence-corrected chi connectivity index (χ3v) is 2.91. The van der Waals surface area contributed by atoms with Crippen LogP contribution in [0.2, 0.25) is 0 Å². The fraction of sp³-hybridized carbons (Fsp3) is 0.154. The van der Waals surface area contributed by atoms with Gasteiger partial charge >= 0.3 is 0 Å². The minimum absolute atomic E-state index is 0.203. The van der Waals surface area contributed by atoms with Crippen molar-refractivity contribution >= 4 is 16.9 Å². The molecule has 3 N–H and O–H groups in total. The predicted octanol–water partition coefficient (Wildman–Crippen LogP) is 1.78. The number of amides is 1. The van der Waals surface area contributed by atoms with Gasteiger partial charge in [0.15, 0.2) is 0 Å². The monoisotopic (exact) mass is 255 g/mol. The SMILES string of the molecule is CC(NC(=O)c1ccn[nH]1)c1nc2ccccc2[nH]1. The van der Waals surface area contributed by atoms with Crippen LogP contribution in [0, 0.1) is 0 Å². The number of fused-ring (bicyclic) bond motifs is 1. The van der Waals surface area contributed by atoms with Gasteiger partial charge in [0, 0.05) is 6.20 Å². The minimum Gasteiger partial charge on any atom is -0.341 e. The average Bonchev–Trinajstić information content (AvgIpc) is 3.07. The second-order valence-corrected chi connectivity index (χ2v) is 4.30. The van der Waals surface area contributed by atoms with Crippen molar-refractivity contribution in [1.82, 2.24) is 25.5 Å². The van der Waals surface area contributed by atoms with Crippen LogP contribution in [0.4, 0.5) is 0 Å². The summed E-state index contributed by atoms with van der Waals surface area (Å²) in [5, 5.41) is 9.23. The number of rotatable bonds is 3. The van der Waals surface area contributed by atoms with Crippen LogP contribution in [0.1, 0.15) is 29.3 Å². The van der Waals surface area contributed by atoms with Crippen LogP contribution in [-0.2, 0) is 0 Å². The van der Waals surface area contributed by atoms with E-state index in [1.807, 2.05) is 31.2 Å². The van der Waals surface area contributed by atoms with E-state index >= 15 is 0 Å². The Morgan fingerprint density at radius 1 is 1.32 bits per heavy atom. The van der Waals surface area contributed by atoms with Crippen LogP contribution in [0.3, 0.4) is 0 Å². The number of aromatic amines is 2. The molecule has 6 heteroatoms. The number of imidazole rings is 1. The van der Waals surface area contributed by atoms with Crippen molar-refractivity contribution < 1.29 is 4.79 Å². The Hall–Kier alpha value is -2.63. The molecule has 0 radical (unpaired) electrons. The number of nitrogens with one attached hydrogen (secondary N) is 3. The first-order valence-electron chi connectivity index (χ1n) is 5.99. The van der Waals surface area contributed by atoms with Gasteiger partial charge in [-0.05, 0) is 25.1 Å². The summed E-state index contributed by atoms with van der Waals surface area (Å²) >= 11 is 0. The number of hydrogen-bond acceptors (Lipinski definition) is 3. The zero-order chi connectivity index (χ0) is 13.2. The fourth-order valence-electron chi connectivity index (χ4n) is 1.90. The molecule has 2 aromatic heterocycles. The van der Waals surface area contributed by atoms with Crippen LogP contribution in [0.25, 0.3) is 11.0 Å². The highest BCUT2D eigenvalue weighted by molar-refractivity contribution is 5.92. The third kappa shape index (κ3) is 2.20.